The Morgan fingerprint density at radius 3 is 2.74 bits per heavy atom. The van der Waals surface area contributed by atoms with Crippen molar-refractivity contribution in [1.82, 2.24) is 14.3 Å². The number of hydrogen-bond acceptors (Lipinski definition) is 5. The Labute approximate surface area is 227 Å². The number of fused-ring (bicyclic) bond motifs is 1. The first-order valence-electron chi connectivity index (χ1n) is 12.9. The average Bonchev–Trinajstić information content (AvgIpc) is 3.30. The van der Waals surface area contributed by atoms with Gasteiger partial charge in [-0.05, 0) is 71.9 Å². The fraction of sp³-hybridized carbons (Fsp3) is 0.310. The van der Waals surface area contributed by atoms with E-state index in [2.05, 4.69) is 27.9 Å². The predicted molar refractivity (Wildman–Crippen MR) is 148 cm³/mol. The van der Waals surface area contributed by atoms with Crippen LogP contribution in [0.2, 0.25) is 0 Å². The quantitative estimate of drug-likeness (QED) is 0.330. The number of nitrogens with one attached hydrogen (secondary N) is 1. The number of benzene rings is 2. The molecular weight excluding hydrogens is 516 g/mol. The topological polar surface area (TPSA) is 84.3 Å². The van der Waals surface area contributed by atoms with E-state index in [0.29, 0.717) is 17.2 Å². The Balaban J connectivity index is 1.32. The lowest BCUT2D eigenvalue weighted by Crippen LogP contribution is -2.34. The molecule has 1 amide bonds. The summed E-state index contributed by atoms with van der Waals surface area (Å²) in [6.07, 6.45) is 6.95. The highest BCUT2D eigenvalue weighted by Gasteiger charge is 2.46. The van der Waals surface area contributed by atoms with Crippen molar-refractivity contribution in [2.24, 2.45) is 13.0 Å². The standard InChI is InChI=1S/C29H30N4O3S2/c1-32-15-14-30-27(32)19-33(29(34)25-18-23(25)20-7-3-2-4-8-20)22-13-12-21-9-5-10-26(24(21)17-22)31-38(35,36)28-11-6-16-37-28/h2-4,6-8,11-17,23,25-26,31H,5,9-10,18-19H2,1H3/t23-,25+,26+/m1/s1. The second kappa shape index (κ2) is 10.1. The van der Waals surface area contributed by atoms with E-state index in [4.69, 9.17) is 0 Å². The van der Waals surface area contributed by atoms with E-state index >= 15 is 0 Å². The third-order valence-corrected chi connectivity index (χ3v) is 10.5. The smallest absolute Gasteiger partial charge is 0.250 e. The highest BCUT2D eigenvalue weighted by atomic mass is 32.2. The zero-order valence-corrected chi connectivity index (χ0v) is 22.8. The average molecular weight is 547 g/mol. The van der Waals surface area contributed by atoms with Crippen LogP contribution in [0.4, 0.5) is 5.69 Å². The van der Waals surface area contributed by atoms with E-state index in [-0.39, 0.29) is 23.8 Å². The number of imidazole rings is 1. The second-order valence-electron chi connectivity index (χ2n) is 10.1. The van der Waals surface area contributed by atoms with Crippen molar-refractivity contribution in [3.63, 3.8) is 0 Å². The van der Waals surface area contributed by atoms with Crippen LogP contribution < -0.4 is 9.62 Å². The number of aromatic nitrogens is 2. The van der Waals surface area contributed by atoms with Gasteiger partial charge < -0.3 is 9.47 Å². The summed E-state index contributed by atoms with van der Waals surface area (Å²) >= 11 is 1.21. The highest BCUT2D eigenvalue weighted by molar-refractivity contribution is 7.91. The summed E-state index contributed by atoms with van der Waals surface area (Å²) < 4.78 is 31.3. The van der Waals surface area contributed by atoms with Crippen LogP contribution in [0.5, 0.6) is 0 Å². The number of rotatable bonds is 8. The van der Waals surface area contributed by atoms with Crippen molar-refractivity contribution in [2.75, 3.05) is 4.90 Å². The zero-order valence-electron chi connectivity index (χ0n) is 21.2. The van der Waals surface area contributed by atoms with Gasteiger partial charge in [0.2, 0.25) is 5.91 Å². The van der Waals surface area contributed by atoms with Crippen molar-refractivity contribution >= 4 is 33.0 Å². The van der Waals surface area contributed by atoms with E-state index in [1.54, 1.807) is 23.7 Å². The summed E-state index contributed by atoms with van der Waals surface area (Å²) in [6.45, 7) is 0.352. The number of hydrogen-bond donors (Lipinski definition) is 1. The molecular formula is C29H30N4O3S2. The molecule has 2 heterocycles. The number of sulfonamides is 1. The van der Waals surface area contributed by atoms with E-state index in [1.165, 1.54) is 16.9 Å². The molecule has 0 aliphatic heterocycles. The molecule has 196 valence electrons. The van der Waals surface area contributed by atoms with Gasteiger partial charge in [0.1, 0.15) is 10.0 Å². The lowest BCUT2D eigenvalue weighted by molar-refractivity contribution is -0.120. The first-order chi connectivity index (χ1) is 18.4. The van der Waals surface area contributed by atoms with Gasteiger partial charge in [0, 0.05) is 37.1 Å². The molecule has 1 saturated carbocycles. The summed E-state index contributed by atoms with van der Waals surface area (Å²) in [5.41, 5.74) is 4.03. The fourth-order valence-electron chi connectivity index (χ4n) is 5.46. The molecule has 1 N–H and O–H groups in total. The van der Waals surface area contributed by atoms with E-state index in [1.807, 2.05) is 53.0 Å². The number of anilines is 1. The molecule has 4 aromatic rings. The van der Waals surface area contributed by atoms with Gasteiger partial charge in [0.15, 0.2) is 0 Å². The van der Waals surface area contributed by atoms with Crippen LogP contribution in [0.25, 0.3) is 0 Å². The third kappa shape index (κ3) is 4.93. The molecule has 38 heavy (non-hydrogen) atoms. The van der Waals surface area contributed by atoms with Crippen molar-refractivity contribution in [3.05, 3.63) is 101 Å². The highest BCUT2D eigenvalue weighted by Crippen LogP contribution is 2.49. The van der Waals surface area contributed by atoms with Crippen molar-refractivity contribution in [2.45, 2.75) is 48.4 Å². The molecule has 0 spiro atoms. The summed E-state index contributed by atoms with van der Waals surface area (Å²) in [5, 5.41) is 1.77. The summed E-state index contributed by atoms with van der Waals surface area (Å²) in [4.78, 5) is 20.2. The zero-order chi connectivity index (χ0) is 26.3. The van der Waals surface area contributed by atoms with Crippen molar-refractivity contribution in [3.8, 4) is 0 Å². The molecule has 9 heteroatoms. The largest absolute Gasteiger partial charge is 0.337 e. The van der Waals surface area contributed by atoms with Crippen molar-refractivity contribution < 1.29 is 13.2 Å². The molecule has 0 saturated heterocycles. The van der Waals surface area contributed by atoms with Crippen LogP contribution in [-0.4, -0.2) is 23.9 Å². The minimum absolute atomic E-state index is 0.0772. The minimum atomic E-state index is -3.62. The van der Waals surface area contributed by atoms with E-state index < -0.39 is 10.0 Å². The Kier molecular flexibility index (Phi) is 6.67. The molecule has 2 aromatic heterocycles. The predicted octanol–water partition coefficient (Wildman–Crippen LogP) is 5.17. The monoisotopic (exact) mass is 546 g/mol. The van der Waals surface area contributed by atoms with Crippen LogP contribution in [0.15, 0.2) is 82.6 Å². The number of aryl methyl sites for hydroxylation is 2. The Morgan fingerprint density at radius 2 is 2.00 bits per heavy atom. The van der Waals surface area contributed by atoms with Gasteiger partial charge in [-0.25, -0.2) is 18.1 Å². The van der Waals surface area contributed by atoms with Crippen LogP contribution in [0.1, 0.15) is 53.7 Å². The summed E-state index contributed by atoms with van der Waals surface area (Å²) in [6, 6.07) is 19.3. The normalized spacial score (nSPS) is 20.6. The van der Waals surface area contributed by atoms with Crippen LogP contribution in [-0.2, 0) is 34.8 Å². The molecule has 1 fully saturated rings. The van der Waals surface area contributed by atoms with Crippen LogP contribution in [0, 0.1) is 5.92 Å². The molecule has 2 aromatic carbocycles. The molecule has 3 atom stereocenters. The lowest BCUT2D eigenvalue weighted by atomic mass is 9.87. The van der Waals surface area contributed by atoms with Crippen LogP contribution >= 0.6 is 11.3 Å². The van der Waals surface area contributed by atoms with E-state index in [0.717, 1.165) is 41.9 Å². The molecule has 6 rings (SSSR count). The second-order valence-corrected chi connectivity index (χ2v) is 13.0. The first kappa shape index (κ1) is 25.0. The number of carbonyl (C=O) groups is 1. The summed E-state index contributed by atoms with van der Waals surface area (Å²) in [5.74, 6) is 1.01. The molecule has 2 aliphatic carbocycles. The van der Waals surface area contributed by atoms with Gasteiger partial charge in [-0.1, -0.05) is 42.5 Å². The molecule has 2 aliphatic rings. The molecule has 7 nitrogen and oxygen atoms in total. The molecule has 0 radical (unpaired) electrons. The fourth-order valence-corrected chi connectivity index (χ4v) is 7.72. The maximum atomic E-state index is 13.9. The van der Waals surface area contributed by atoms with Gasteiger partial charge in [0.05, 0.1) is 6.54 Å². The third-order valence-electron chi connectivity index (χ3n) is 7.63. The Morgan fingerprint density at radius 1 is 1.16 bits per heavy atom. The number of thiophene rings is 1. The maximum Gasteiger partial charge on any atom is 0.250 e. The number of carbonyl (C=O) groups excluding carboxylic acids is 1. The Bertz CT molecular complexity index is 1550. The molecule has 0 unspecified atom stereocenters. The first-order valence-corrected chi connectivity index (χ1v) is 15.3. The molecule has 0 bridgehead atoms. The van der Waals surface area contributed by atoms with Gasteiger partial charge >= 0.3 is 0 Å². The lowest BCUT2D eigenvalue weighted by Gasteiger charge is -2.29. The number of amides is 1. The van der Waals surface area contributed by atoms with Gasteiger partial charge in [0.25, 0.3) is 10.0 Å². The van der Waals surface area contributed by atoms with Crippen LogP contribution in [0.3, 0.4) is 0 Å². The van der Waals surface area contributed by atoms with Gasteiger partial charge in [-0.2, -0.15) is 0 Å². The Hall–Kier alpha value is -3.27. The number of nitrogens with zero attached hydrogens (tertiary/aromatic N) is 3. The summed E-state index contributed by atoms with van der Waals surface area (Å²) in [7, 11) is -1.69. The van der Waals surface area contributed by atoms with Gasteiger partial charge in [-0.15, -0.1) is 11.3 Å². The van der Waals surface area contributed by atoms with Gasteiger partial charge in [-0.3, -0.25) is 4.79 Å². The van der Waals surface area contributed by atoms with Crippen molar-refractivity contribution in [1.29, 1.82) is 0 Å². The van der Waals surface area contributed by atoms with E-state index in [9.17, 15) is 13.2 Å². The SMILES string of the molecule is Cn1ccnc1CN(C(=O)[C@H]1C[C@@H]1c1ccccc1)c1ccc2c(c1)[C@@H](NS(=O)(=O)c1cccs1)CCC2. The minimum Gasteiger partial charge on any atom is -0.337 e. The maximum absolute atomic E-state index is 13.9.